The second-order valence-corrected chi connectivity index (χ2v) is 7.63. The van der Waals surface area contributed by atoms with Gasteiger partial charge in [0.15, 0.2) is 6.04 Å². The summed E-state index contributed by atoms with van der Waals surface area (Å²) in [6, 6.07) is -3.34. The summed E-state index contributed by atoms with van der Waals surface area (Å²) in [7, 11) is 1.48. The zero-order valence-electron chi connectivity index (χ0n) is 19.6. The molecule has 1 aliphatic rings. The van der Waals surface area contributed by atoms with E-state index >= 15 is 0 Å². The maximum absolute atomic E-state index is 13.0. The van der Waals surface area contributed by atoms with Gasteiger partial charge in [-0.3, -0.25) is 14.9 Å². The molecule has 0 aromatic carbocycles. The molecule has 13 nitrogen and oxygen atoms in total. The minimum absolute atomic E-state index is 0.00341. The van der Waals surface area contributed by atoms with Gasteiger partial charge in [0.2, 0.25) is 5.91 Å². The molecule has 1 aliphatic heterocycles. The van der Waals surface area contributed by atoms with Crippen molar-refractivity contribution < 1.29 is 38.6 Å². The van der Waals surface area contributed by atoms with E-state index in [1.807, 2.05) is 0 Å². The van der Waals surface area contributed by atoms with Gasteiger partial charge in [-0.05, 0) is 39.5 Å². The second kappa shape index (κ2) is 14.2. The Hall–Kier alpha value is -2.96. The third-order valence-electron chi connectivity index (χ3n) is 5.08. The Kier molecular flexibility index (Phi) is 12.1. The maximum atomic E-state index is 13.0. The fraction of sp³-hybridized carbons (Fsp3) is 0.800. The molecule has 1 N–H and O–H groups in total. The minimum atomic E-state index is -1.09. The van der Waals surface area contributed by atoms with Crippen LogP contribution in [0, 0.1) is 10.1 Å². The predicted octanol–water partition coefficient (Wildman–Crippen LogP) is 0.881. The Morgan fingerprint density at radius 3 is 2.36 bits per heavy atom. The zero-order valence-corrected chi connectivity index (χ0v) is 19.6. The smallest absolute Gasteiger partial charge is 0.331 e. The molecule has 1 fully saturated rings. The number of likely N-dealkylation sites (N-methyl/N-ethyl adjacent to an activating group) is 1. The van der Waals surface area contributed by atoms with Crippen molar-refractivity contribution in [3.8, 4) is 0 Å². The number of urea groups is 1. The molecule has 0 aliphatic carbocycles. The van der Waals surface area contributed by atoms with Crippen molar-refractivity contribution in [2.75, 3.05) is 33.4 Å². The number of rotatable bonds is 15. The number of esters is 2. The van der Waals surface area contributed by atoms with Crippen molar-refractivity contribution in [2.45, 2.75) is 71.0 Å². The summed E-state index contributed by atoms with van der Waals surface area (Å²) in [6.07, 6.45) is 2.77. The van der Waals surface area contributed by atoms with Gasteiger partial charge in [-0.2, -0.15) is 0 Å². The van der Waals surface area contributed by atoms with Gasteiger partial charge in [-0.15, -0.1) is 10.1 Å². The molecule has 0 bridgehead atoms. The van der Waals surface area contributed by atoms with Crippen LogP contribution in [-0.2, 0) is 28.7 Å². The molecular formula is C20H34N4O9. The van der Waals surface area contributed by atoms with Crippen LogP contribution in [0.4, 0.5) is 4.79 Å². The summed E-state index contributed by atoms with van der Waals surface area (Å²) < 4.78 is 10.2. The number of imide groups is 1. The molecule has 0 spiro atoms. The van der Waals surface area contributed by atoms with E-state index in [1.54, 1.807) is 13.8 Å². The van der Waals surface area contributed by atoms with Crippen LogP contribution in [0.5, 0.6) is 0 Å². The highest BCUT2D eigenvalue weighted by molar-refractivity contribution is 6.03. The topological polar surface area (TPSA) is 158 Å². The fourth-order valence-corrected chi connectivity index (χ4v) is 3.31. The molecule has 1 saturated heterocycles. The standard InChI is InChI=1S/C20H34N4O9/c1-5-15(18(26)31-6-2)21-14(3)17(25)23-16(13-22(4)20(23)28)19(27)32-11-9-7-8-10-12-33-24(29)30/h14-16,21H,5-13H2,1-4H3. The summed E-state index contributed by atoms with van der Waals surface area (Å²) >= 11 is 0. The molecule has 0 aromatic rings. The molecule has 33 heavy (non-hydrogen) atoms. The highest BCUT2D eigenvalue weighted by Gasteiger charge is 2.46. The third kappa shape index (κ3) is 8.83. The van der Waals surface area contributed by atoms with Gasteiger partial charge < -0.3 is 19.2 Å². The van der Waals surface area contributed by atoms with Crippen LogP contribution in [0.1, 0.15) is 52.9 Å². The summed E-state index contributed by atoms with van der Waals surface area (Å²) in [6.45, 7) is 5.27. The van der Waals surface area contributed by atoms with Gasteiger partial charge in [-0.25, -0.2) is 14.5 Å². The first-order valence-electron chi connectivity index (χ1n) is 11.1. The number of hydrogen-bond donors (Lipinski definition) is 1. The third-order valence-corrected chi connectivity index (χ3v) is 5.08. The lowest BCUT2D eigenvalue weighted by Crippen LogP contribution is -2.54. The molecule has 0 saturated carbocycles. The van der Waals surface area contributed by atoms with Gasteiger partial charge in [-0.1, -0.05) is 13.3 Å². The van der Waals surface area contributed by atoms with Crippen LogP contribution in [0.2, 0.25) is 0 Å². The number of ether oxygens (including phenoxy) is 2. The van der Waals surface area contributed by atoms with Gasteiger partial charge in [0.25, 0.3) is 5.09 Å². The summed E-state index contributed by atoms with van der Waals surface area (Å²) in [4.78, 5) is 66.5. The lowest BCUT2D eigenvalue weighted by Gasteiger charge is -2.26. The Bertz CT molecular complexity index is 703. The van der Waals surface area contributed by atoms with Crippen LogP contribution < -0.4 is 5.32 Å². The van der Waals surface area contributed by atoms with E-state index < -0.39 is 47.1 Å². The van der Waals surface area contributed by atoms with E-state index in [0.29, 0.717) is 32.1 Å². The van der Waals surface area contributed by atoms with Crippen LogP contribution in [-0.4, -0.2) is 90.3 Å². The van der Waals surface area contributed by atoms with E-state index in [2.05, 4.69) is 10.2 Å². The Morgan fingerprint density at radius 2 is 1.79 bits per heavy atom. The van der Waals surface area contributed by atoms with Crippen LogP contribution >= 0.6 is 0 Å². The molecular weight excluding hydrogens is 440 g/mol. The number of carbonyl (C=O) groups is 4. The summed E-state index contributed by atoms with van der Waals surface area (Å²) in [5.74, 6) is -1.83. The molecule has 3 unspecified atom stereocenters. The number of nitrogens with zero attached hydrogens (tertiary/aromatic N) is 3. The minimum Gasteiger partial charge on any atom is -0.465 e. The molecule has 13 heteroatoms. The van der Waals surface area contributed by atoms with Gasteiger partial charge in [0, 0.05) is 7.05 Å². The molecule has 3 amide bonds. The Labute approximate surface area is 192 Å². The van der Waals surface area contributed by atoms with Gasteiger partial charge in [0.1, 0.15) is 6.04 Å². The first kappa shape index (κ1) is 28.1. The van der Waals surface area contributed by atoms with Crippen molar-refractivity contribution in [2.24, 2.45) is 0 Å². The number of nitrogens with one attached hydrogen (secondary N) is 1. The Morgan fingerprint density at radius 1 is 1.15 bits per heavy atom. The normalized spacial score (nSPS) is 17.5. The SMILES string of the molecule is CCOC(=O)C(CC)NC(C)C(=O)N1C(=O)N(C)CC1C(=O)OCCCCCCO[N+](=O)[O-]. The quantitative estimate of drug-likeness (QED) is 0.156. The molecule has 1 rings (SSSR count). The van der Waals surface area contributed by atoms with Gasteiger partial charge in [0.05, 0.1) is 32.4 Å². The van der Waals surface area contributed by atoms with Crippen molar-refractivity contribution in [1.82, 2.24) is 15.1 Å². The first-order chi connectivity index (χ1) is 15.6. The van der Waals surface area contributed by atoms with Crippen LogP contribution in [0.25, 0.3) is 0 Å². The number of amides is 3. The van der Waals surface area contributed by atoms with E-state index in [9.17, 15) is 29.3 Å². The number of carbonyl (C=O) groups excluding carboxylic acids is 4. The second-order valence-electron chi connectivity index (χ2n) is 7.63. The average Bonchev–Trinajstić information content (AvgIpc) is 3.07. The number of unbranched alkanes of at least 4 members (excludes halogenated alkanes) is 3. The largest absolute Gasteiger partial charge is 0.465 e. The lowest BCUT2D eigenvalue weighted by molar-refractivity contribution is -0.757. The molecule has 3 atom stereocenters. The monoisotopic (exact) mass is 474 g/mol. The van der Waals surface area contributed by atoms with Crippen molar-refractivity contribution in [3.63, 3.8) is 0 Å². The molecule has 188 valence electrons. The fourth-order valence-electron chi connectivity index (χ4n) is 3.31. The van der Waals surface area contributed by atoms with Gasteiger partial charge >= 0.3 is 18.0 Å². The highest BCUT2D eigenvalue weighted by Crippen LogP contribution is 2.18. The van der Waals surface area contributed by atoms with E-state index in [1.165, 1.54) is 18.9 Å². The van der Waals surface area contributed by atoms with E-state index in [-0.39, 0.29) is 26.4 Å². The average molecular weight is 475 g/mol. The highest BCUT2D eigenvalue weighted by atomic mass is 16.9. The first-order valence-corrected chi connectivity index (χ1v) is 11.1. The molecule has 1 heterocycles. The lowest BCUT2D eigenvalue weighted by atomic mass is 10.1. The van der Waals surface area contributed by atoms with E-state index in [4.69, 9.17) is 9.47 Å². The summed E-state index contributed by atoms with van der Waals surface area (Å²) in [5.41, 5.74) is 0. The zero-order chi connectivity index (χ0) is 25.0. The Balaban J connectivity index is 2.60. The molecule has 0 aromatic heterocycles. The van der Waals surface area contributed by atoms with Crippen molar-refractivity contribution in [1.29, 1.82) is 0 Å². The van der Waals surface area contributed by atoms with Crippen LogP contribution in [0.15, 0.2) is 0 Å². The number of hydrogen-bond acceptors (Lipinski definition) is 10. The maximum Gasteiger partial charge on any atom is 0.331 e. The molecule has 0 radical (unpaired) electrons. The van der Waals surface area contributed by atoms with Crippen molar-refractivity contribution >= 4 is 23.9 Å². The van der Waals surface area contributed by atoms with E-state index in [0.717, 1.165) is 4.90 Å². The van der Waals surface area contributed by atoms with Crippen LogP contribution in [0.3, 0.4) is 0 Å². The van der Waals surface area contributed by atoms with Crippen molar-refractivity contribution in [3.05, 3.63) is 10.1 Å². The summed E-state index contributed by atoms with van der Waals surface area (Å²) in [5, 5.41) is 12.1. The predicted molar refractivity (Wildman–Crippen MR) is 114 cm³/mol.